The van der Waals surface area contributed by atoms with Crippen molar-refractivity contribution in [2.75, 3.05) is 6.61 Å². The Labute approximate surface area is 118 Å². The summed E-state index contributed by atoms with van der Waals surface area (Å²) in [4.78, 5) is 0. The van der Waals surface area contributed by atoms with Crippen molar-refractivity contribution in [3.05, 3.63) is 29.3 Å². The van der Waals surface area contributed by atoms with E-state index in [1.807, 2.05) is 0 Å². The summed E-state index contributed by atoms with van der Waals surface area (Å²) >= 11 is 0. The zero-order valence-electron chi connectivity index (χ0n) is 12.9. The number of hydrogen-bond acceptors (Lipinski definition) is 1. The lowest BCUT2D eigenvalue weighted by Crippen LogP contribution is -2.07. The fourth-order valence-corrected chi connectivity index (χ4v) is 1.98. The van der Waals surface area contributed by atoms with E-state index in [1.54, 1.807) is 0 Å². The standard InChI is InChI=1S/C18H26O/c1-7-15(6)10-16-8-9-18(19-12-13(2)3)17(11-16)14(4)5/h1,8-9,11,13-15H,10,12H2,2-6H3. The first-order chi connectivity index (χ1) is 8.93. The van der Waals surface area contributed by atoms with Gasteiger partial charge in [0.2, 0.25) is 0 Å². The van der Waals surface area contributed by atoms with Crippen molar-refractivity contribution in [2.24, 2.45) is 11.8 Å². The molecule has 1 nitrogen and oxygen atoms in total. The maximum absolute atomic E-state index is 5.91. The predicted molar refractivity (Wildman–Crippen MR) is 82.6 cm³/mol. The molecule has 1 rings (SSSR count). The normalized spacial score (nSPS) is 12.5. The van der Waals surface area contributed by atoms with Gasteiger partial charge in [0.05, 0.1) is 6.61 Å². The van der Waals surface area contributed by atoms with Gasteiger partial charge in [-0.2, -0.15) is 0 Å². The third-order valence-corrected chi connectivity index (χ3v) is 3.09. The van der Waals surface area contributed by atoms with E-state index >= 15 is 0 Å². The van der Waals surface area contributed by atoms with E-state index in [4.69, 9.17) is 11.2 Å². The van der Waals surface area contributed by atoms with Crippen LogP contribution in [0.1, 0.15) is 51.7 Å². The first-order valence-corrected chi connectivity index (χ1v) is 7.15. The minimum absolute atomic E-state index is 0.280. The van der Waals surface area contributed by atoms with Gasteiger partial charge in [-0.15, -0.1) is 12.3 Å². The smallest absolute Gasteiger partial charge is 0.122 e. The molecule has 0 aliphatic heterocycles. The van der Waals surface area contributed by atoms with Gasteiger partial charge in [0.1, 0.15) is 5.75 Å². The Morgan fingerprint density at radius 2 is 1.84 bits per heavy atom. The van der Waals surface area contributed by atoms with E-state index in [0.717, 1.165) is 18.8 Å². The highest BCUT2D eigenvalue weighted by Crippen LogP contribution is 2.28. The van der Waals surface area contributed by atoms with Crippen LogP contribution in [0.2, 0.25) is 0 Å². The molecule has 0 bridgehead atoms. The van der Waals surface area contributed by atoms with Gasteiger partial charge in [-0.3, -0.25) is 0 Å². The second-order valence-electron chi connectivity index (χ2n) is 6.00. The van der Waals surface area contributed by atoms with Gasteiger partial charge in [0, 0.05) is 5.92 Å². The molecule has 1 heteroatoms. The number of hydrogen-bond donors (Lipinski definition) is 0. The van der Waals surface area contributed by atoms with Gasteiger partial charge in [-0.05, 0) is 35.4 Å². The number of rotatable bonds is 6. The van der Waals surface area contributed by atoms with Crippen LogP contribution < -0.4 is 4.74 Å². The van der Waals surface area contributed by atoms with Crippen molar-refractivity contribution < 1.29 is 4.74 Å². The summed E-state index contributed by atoms with van der Waals surface area (Å²) < 4.78 is 5.91. The maximum Gasteiger partial charge on any atom is 0.122 e. The molecule has 0 spiro atoms. The number of terminal acetylenes is 1. The van der Waals surface area contributed by atoms with Crippen LogP contribution in [0.25, 0.3) is 0 Å². The van der Waals surface area contributed by atoms with Crippen molar-refractivity contribution in [1.29, 1.82) is 0 Å². The van der Waals surface area contributed by atoms with Crippen LogP contribution in [-0.4, -0.2) is 6.61 Å². The van der Waals surface area contributed by atoms with Gasteiger partial charge >= 0.3 is 0 Å². The second-order valence-corrected chi connectivity index (χ2v) is 6.00. The van der Waals surface area contributed by atoms with Crippen molar-refractivity contribution in [1.82, 2.24) is 0 Å². The largest absolute Gasteiger partial charge is 0.493 e. The monoisotopic (exact) mass is 258 g/mol. The molecule has 0 radical (unpaired) electrons. The van der Waals surface area contributed by atoms with Crippen molar-refractivity contribution in [2.45, 2.75) is 47.0 Å². The predicted octanol–water partition coefficient (Wildman–Crippen LogP) is 4.66. The number of ether oxygens (including phenoxy) is 1. The molecule has 0 aromatic heterocycles. The van der Waals surface area contributed by atoms with Crippen LogP contribution >= 0.6 is 0 Å². The lowest BCUT2D eigenvalue weighted by atomic mass is 9.95. The highest BCUT2D eigenvalue weighted by Gasteiger charge is 2.11. The van der Waals surface area contributed by atoms with Crippen molar-refractivity contribution in [3.63, 3.8) is 0 Å². The lowest BCUT2D eigenvalue weighted by molar-refractivity contribution is 0.267. The Bertz CT molecular complexity index is 437. The van der Waals surface area contributed by atoms with Crippen LogP contribution in [0.4, 0.5) is 0 Å². The Morgan fingerprint density at radius 1 is 1.16 bits per heavy atom. The Balaban J connectivity index is 2.91. The summed E-state index contributed by atoms with van der Waals surface area (Å²) in [5, 5.41) is 0. The van der Waals surface area contributed by atoms with Crippen molar-refractivity contribution >= 4 is 0 Å². The van der Waals surface area contributed by atoms with E-state index in [9.17, 15) is 0 Å². The number of benzene rings is 1. The molecule has 104 valence electrons. The average molecular weight is 258 g/mol. The molecule has 0 saturated carbocycles. The Kier molecular flexibility index (Phi) is 5.96. The minimum atomic E-state index is 0.280. The molecular weight excluding hydrogens is 232 g/mol. The molecule has 1 unspecified atom stereocenters. The summed E-state index contributed by atoms with van der Waals surface area (Å²) in [7, 11) is 0. The van der Waals surface area contributed by atoms with E-state index in [0.29, 0.717) is 11.8 Å². The summed E-state index contributed by atoms with van der Waals surface area (Å²) in [5.74, 6) is 5.08. The zero-order chi connectivity index (χ0) is 14.4. The molecular formula is C18H26O. The van der Waals surface area contributed by atoms with Gasteiger partial charge in [-0.1, -0.05) is 46.8 Å². The lowest BCUT2D eigenvalue weighted by Gasteiger charge is -2.17. The van der Waals surface area contributed by atoms with Crippen LogP contribution in [0.15, 0.2) is 18.2 Å². The SMILES string of the molecule is C#CC(C)Cc1ccc(OCC(C)C)c(C(C)C)c1. The van der Waals surface area contributed by atoms with E-state index in [-0.39, 0.29) is 5.92 Å². The molecule has 19 heavy (non-hydrogen) atoms. The Morgan fingerprint density at radius 3 is 2.37 bits per heavy atom. The molecule has 0 saturated heterocycles. The van der Waals surface area contributed by atoms with E-state index in [1.165, 1.54) is 11.1 Å². The fraction of sp³-hybridized carbons (Fsp3) is 0.556. The highest BCUT2D eigenvalue weighted by atomic mass is 16.5. The molecule has 1 aromatic carbocycles. The Hall–Kier alpha value is -1.42. The van der Waals surface area contributed by atoms with Gasteiger partial charge in [0.25, 0.3) is 0 Å². The molecule has 0 fully saturated rings. The molecule has 1 aromatic rings. The fourth-order valence-electron chi connectivity index (χ4n) is 1.98. The molecule has 0 aliphatic carbocycles. The third-order valence-electron chi connectivity index (χ3n) is 3.09. The van der Waals surface area contributed by atoms with E-state index < -0.39 is 0 Å². The average Bonchev–Trinajstić information content (AvgIpc) is 2.36. The summed E-state index contributed by atoms with van der Waals surface area (Å²) in [6.07, 6.45) is 6.39. The summed E-state index contributed by atoms with van der Waals surface area (Å²) in [6.45, 7) is 11.6. The molecule has 0 aliphatic rings. The molecule has 0 N–H and O–H groups in total. The van der Waals surface area contributed by atoms with Gasteiger partial charge < -0.3 is 4.74 Å². The second kappa shape index (κ2) is 7.24. The van der Waals surface area contributed by atoms with Crippen LogP contribution in [-0.2, 0) is 6.42 Å². The maximum atomic E-state index is 5.91. The molecule has 1 atom stereocenters. The zero-order valence-corrected chi connectivity index (χ0v) is 12.9. The van der Waals surface area contributed by atoms with Crippen LogP contribution in [0.3, 0.4) is 0 Å². The van der Waals surface area contributed by atoms with Crippen molar-refractivity contribution in [3.8, 4) is 18.1 Å². The molecule has 0 heterocycles. The third kappa shape index (κ3) is 4.99. The molecule has 0 amide bonds. The first kappa shape index (κ1) is 15.6. The minimum Gasteiger partial charge on any atom is -0.493 e. The summed E-state index contributed by atoms with van der Waals surface area (Å²) in [6, 6.07) is 6.47. The van der Waals surface area contributed by atoms with Gasteiger partial charge in [-0.25, -0.2) is 0 Å². The summed E-state index contributed by atoms with van der Waals surface area (Å²) in [5.41, 5.74) is 2.58. The van der Waals surface area contributed by atoms with Crippen LogP contribution in [0, 0.1) is 24.2 Å². The van der Waals surface area contributed by atoms with Gasteiger partial charge in [0.15, 0.2) is 0 Å². The topological polar surface area (TPSA) is 9.23 Å². The first-order valence-electron chi connectivity index (χ1n) is 7.15. The quantitative estimate of drug-likeness (QED) is 0.674. The highest BCUT2D eigenvalue weighted by molar-refractivity contribution is 5.39. The van der Waals surface area contributed by atoms with Crippen LogP contribution in [0.5, 0.6) is 5.75 Å². The van der Waals surface area contributed by atoms with E-state index in [2.05, 4.69) is 58.7 Å².